The number of rotatable bonds is 5. The van der Waals surface area contributed by atoms with E-state index in [1.54, 1.807) is 7.11 Å². The Balaban J connectivity index is 2.00. The molecule has 0 spiro atoms. The Hall–Kier alpha value is -1.39. The van der Waals surface area contributed by atoms with Crippen LogP contribution in [0.25, 0.3) is 0 Å². The second-order valence-corrected chi connectivity index (χ2v) is 5.53. The highest BCUT2D eigenvalue weighted by molar-refractivity contribution is 7.81. The summed E-state index contributed by atoms with van der Waals surface area (Å²) in [6.07, 6.45) is 1.52. The van der Waals surface area contributed by atoms with Gasteiger partial charge in [0.2, 0.25) is 0 Å². The molecule has 0 saturated carbocycles. The van der Waals surface area contributed by atoms with E-state index in [2.05, 4.69) is 25.3 Å². The van der Waals surface area contributed by atoms with E-state index in [9.17, 15) is 0 Å². The van der Waals surface area contributed by atoms with Gasteiger partial charge in [0.05, 0.1) is 7.11 Å². The highest BCUT2D eigenvalue weighted by atomic mass is 32.1. The van der Waals surface area contributed by atoms with Crippen molar-refractivity contribution in [1.82, 2.24) is 0 Å². The molecule has 0 atom stereocenters. The van der Waals surface area contributed by atoms with E-state index in [-0.39, 0.29) is 0 Å². The van der Waals surface area contributed by atoms with Gasteiger partial charge in [-0.2, -0.15) is 0 Å². The molecule has 0 fully saturated rings. The molecule has 0 unspecified atom stereocenters. The minimum absolute atomic E-state index is 0.596. The molecule has 2 nitrogen and oxygen atoms in total. The fourth-order valence-corrected chi connectivity index (χ4v) is 2.63. The van der Waals surface area contributed by atoms with Gasteiger partial charge in [0, 0.05) is 21.1 Å². The number of nitrogens with one attached hydrogen (secondary N) is 1. The molecule has 0 aliphatic heterocycles. The monoisotopic (exact) mass is 303 g/mol. The van der Waals surface area contributed by atoms with Gasteiger partial charge < -0.3 is 10.1 Å². The van der Waals surface area contributed by atoms with Crippen molar-refractivity contribution in [3.05, 3.63) is 53.6 Å². The number of hydrogen-bond acceptors (Lipinski definition) is 4. The van der Waals surface area contributed by atoms with Crippen LogP contribution in [-0.4, -0.2) is 12.8 Å². The van der Waals surface area contributed by atoms with Crippen molar-refractivity contribution >= 4 is 31.0 Å². The van der Waals surface area contributed by atoms with Gasteiger partial charge in [-0.3, -0.25) is 0 Å². The Morgan fingerprint density at radius 2 is 1.80 bits per heavy atom. The van der Waals surface area contributed by atoms with E-state index >= 15 is 0 Å². The predicted octanol–water partition coefficient (Wildman–Crippen LogP) is 4.27. The van der Waals surface area contributed by atoms with Crippen molar-refractivity contribution in [2.24, 2.45) is 0 Å². The molecular weight excluding hydrogens is 286 g/mol. The van der Waals surface area contributed by atoms with Crippen molar-refractivity contribution in [2.75, 3.05) is 7.11 Å². The van der Waals surface area contributed by atoms with Crippen LogP contribution in [0.15, 0.2) is 52.3 Å². The van der Waals surface area contributed by atoms with Crippen molar-refractivity contribution in [1.29, 1.82) is 5.41 Å². The van der Waals surface area contributed by atoms with E-state index in [4.69, 9.17) is 10.1 Å². The summed E-state index contributed by atoms with van der Waals surface area (Å²) in [6.45, 7) is 0. The van der Waals surface area contributed by atoms with Crippen LogP contribution in [0.4, 0.5) is 0 Å². The zero-order valence-electron chi connectivity index (χ0n) is 11.3. The van der Waals surface area contributed by atoms with Crippen LogP contribution in [0.3, 0.4) is 0 Å². The predicted molar refractivity (Wildman–Crippen MR) is 89.1 cm³/mol. The molecule has 0 heterocycles. The molecule has 104 valence electrons. The third-order valence-corrected chi connectivity index (χ3v) is 3.78. The number of ether oxygens (including phenoxy) is 1. The van der Waals surface area contributed by atoms with Crippen LogP contribution in [0.1, 0.15) is 17.5 Å². The average Bonchev–Trinajstić information content (AvgIpc) is 2.45. The van der Waals surface area contributed by atoms with Crippen LogP contribution in [0, 0.1) is 5.41 Å². The summed E-state index contributed by atoms with van der Waals surface area (Å²) < 4.78 is 5.13. The molecule has 0 radical (unpaired) electrons. The van der Waals surface area contributed by atoms with E-state index in [1.807, 2.05) is 42.5 Å². The van der Waals surface area contributed by atoms with Gasteiger partial charge in [-0.05, 0) is 42.7 Å². The summed E-state index contributed by atoms with van der Waals surface area (Å²) in [7, 11) is 1.66. The maximum Gasteiger partial charge on any atom is 0.118 e. The second kappa shape index (κ2) is 6.86. The lowest BCUT2D eigenvalue weighted by atomic mass is 10.0. The molecule has 0 aliphatic rings. The van der Waals surface area contributed by atoms with Crippen LogP contribution < -0.4 is 4.74 Å². The number of aryl methyl sites for hydroxylation is 1. The van der Waals surface area contributed by atoms with E-state index < -0.39 is 0 Å². The first-order chi connectivity index (χ1) is 9.60. The Morgan fingerprint density at radius 1 is 1.10 bits per heavy atom. The van der Waals surface area contributed by atoms with E-state index in [1.165, 1.54) is 5.56 Å². The third kappa shape index (κ3) is 3.81. The Kier molecular flexibility index (Phi) is 5.15. The van der Waals surface area contributed by atoms with E-state index in [0.29, 0.717) is 12.1 Å². The first kappa shape index (κ1) is 15.0. The Labute approximate surface area is 130 Å². The molecule has 2 aromatic rings. The van der Waals surface area contributed by atoms with Gasteiger partial charge >= 0.3 is 0 Å². The average molecular weight is 303 g/mol. The molecule has 0 aliphatic carbocycles. The minimum Gasteiger partial charge on any atom is -0.497 e. The van der Waals surface area contributed by atoms with E-state index in [0.717, 1.165) is 27.5 Å². The summed E-state index contributed by atoms with van der Waals surface area (Å²) in [6, 6.07) is 13.6. The first-order valence-corrected chi connectivity index (χ1v) is 7.22. The number of methoxy groups -OCH3 is 1. The van der Waals surface area contributed by atoms with Crippen molar-refractivity contribution < 1.29 is 4.74 Å². The summed E-state index contributed by atoms with van der Waals surface area (Å²) in [5.41, 5.74) is 2.67. The summed E-state index contributed by atoms with van der Waals surface area (Å²) >= 11 is 8.67. The molecule has 2 aromatic carbocycles. The first-order valence-electron chi connectivity index (χ1n) is 6.33. The number of hydrogen-bond donors (Lipinski definition) is 3. The van der Waals surface area contributed by atoms with Crippen LogP contribution >= 0.6 is 25.3 Å². The van der Waals surface area contributed by atoms with Crippen LogP contribution in [-0.2, 0) is 6.42 Å². The quantitative estimate of drug-likeness (QED) is 0.559. The topological polar surface area (TPSA) is 33.1 Å². The largest absolute Gasteiger partial charge is 0.497 e. The van der Waals surface area contributed by atoms with Gasteiger partial charge in [0.25, 0.3) is 0 Å². The zero-order chi connectivity index (χ0) is 14.5. The van der Waals surface area contributed by atoms with Crippen LogP contribution in [0.2, 0.25) is 0 Å². The van der Waals surface area contributed by atoms with Crippen LogP contribution in [0.5, 0.6) is 5.75 Å². The standard InChI is InChI=1S/C16H17NOS2/c1-18-12-5-2-11(3-6-12)4-9-15(17)14-8-7-13(19)10-16(14)20/h2-3,5-8,10,17,19-20H,4,9H2,1H3. The Morgan fingerprint density at radius 3 is 2.40 bits per heavy atom. The van der Waals surface area contributed by atoms with Crippen molar-refractivity contribution in [3.8, 4) is 5.75 Å². The SMILES string of the molecule is COc1ccc(CCC(=N)c2ccc(S)cc2S)cc1. The fraction of sp³-hybridized carbons (Fsp3) is 0.188. The maximum absolute atomic E-state index is 8.17. The molecule has 2 rings (SSSR count). The van der Waals surface area contributed by atoms with Gasteiger partial charge in [-0.15, -0.1) is 25.3 Å². The number of thiol groups is 2. The van der Waals surface area contributed by atoms with Gasteiger partial charge in [-0.25, -0.2) is 0 Å². The van der Waals surface area contributed by atoms with Gasteiger partial charge in [0.1, 0.15) is 5.75 Å². The summed E-state index contributed by atoms with van der Waals surface area (Å²) in [5.74, 6) is 0.853. The summed E-state index contributed by atoms with van der Waals surface area (Å²) in [5, 5.41) is 8.17. The lowest BCUT2D eigenvalue weighted by molar-refractivity contribution is 0.414. The lowest BCUT2D eigenvalue weighted by Gasteiger charge is -2.08. The molecule has 0 aromatic heterocycles. The van der Waals surface area contributed by atoms with Crippen molar-refractivity contribution in [2.45, 2.75) is 22.6 Å². The van der Waals surface area contributed by atoms with Gasteiger partial charge in [0.15, 0.2) is 0 Å². The summed E-state index contributed by atoms with van der Waals surface area (Å²) in [4.78, 5) is 1.67. The lowest BCUT2D eigenvalue weighted by Crippen LogP contribution is -2.02. The normalized spacial score (nSPS) is 10.3. The second-order valence-electron chi connectivity index (χ2n) is 4.53. The smallest absolute Gasteiger partial charge is 0.118 e. The Bertz CT molecular complexity index is 608. The molecule has 20 heavy (non-hydrogen) atoms. The van der Waals surface area contributed by atoms with Crippen molar-refractivity contribution in [3.63, 3.8) is 0 Å². The third-order valence-electron chi connectivity index (χ3n) is 3.13. The number of benzene rings is 2. The maximum atomic E-state index is 8.17. The molecule has 0 amide bonds. The molecule has 1 N–H and O–H groups in total. The van der Waals surface area contributed by atoms with Gasteiger partial charge in [-0.1, -0.05) is 18.2 Å². The zero-order valence-corrected chi connectivity index (χ0v) is 13.0. The highest BCUT2D eigenvalue weighted by Crippen LogP contribution is 2.21. The minimum atomic E-state index is 0.596. The molecule has 0 bridgehead atoms. The molecular formula is C16H17NOS2. The fourth-order valence-electron chi connectivity index (χ4n) is 1.97. The highest BCUT2D eigenvalue weighted by Gasteiger charge is 2.06. The molecule has 4 heteroatoms. The molecule has 0 saturated heterocycles.